The quantitative estimate of drug-likeness (QED) is 0.802. The Balaban J connectivity index is 1.96. The minimum atomic E-state index is -0.119. The molecule has 0 bridgehead atoms. The second-order valence-corrected chi connectivity index (χ2v) is 5.51. The maximum absolute atomic E-state index is 11.8. The van der Waals surface area contributed by atoms with E-state index in [1.807, 2.05) is 49.4 Å². The number of rotatable bonds is 4. The van der Waals surface area contributed by atoms with Crippen molar-refractivity contribution in [2.24, 2.45) is 0 Å². The molecule has 2 aromatic rings. The first kappa shape index (κ1) is 15.0. The number of hydrogen-bond donors (Lipinski definition) is 1. The highest BCUT2D eigenvalue weighted by Crippen LogP contribution is 2.15. The van der Waals surface area contributed by atoms with Crippen LogP contribution in [-0.2, 0) is 4.79 Å². The summed E-state index contributed by atoms with van der Waals surface area (Å²) in [5.41, 5.74) is 4.31. The number of aryl methyl sites for hydroxylation is 1. The summed E-state index contributed by atoms with van der Waals surface area (Å²) in [6.45, 7) is 6.35. The zero-order valence-electron chi connectivity index (χ0n) is 12.8. The number of carbonyl (C=O) groups excluding carboxylic acids is 1. The van der Waals surface area contributed by atoms with Crippen LogP contribution in [0, 0.1) is 6.92 Å². The van der Waals surface area contributed by atoms with Crippen molar-refractivity contribution in [3.8, 4) is 0 Å². The molecule has 0 fully saturated rings. The second-order valence-electron chi connectivity index (χ2n) is 5.51. The van der Waals surface area contributed by atoms with Crippen molar-refractivity contribution in [1.82, 2.24) is 0 Å². The van der Waals surface area contributed by atoms with Crippen LogP contribution in [0.25, 0.3) is 6.08 Å². The molecule has 2 aromatic carbocycles. The molecule has 0 atom stereocenters. The molecule has 1 amide bonds. The molecular weight excluding hydrogens is 258 g/mol. The molecule has 2 heteroatoms. The van der Waals surface area contributed by atoms with Gasteiger partial charge in [-0.15, -0.1) is 0 Å². The average Bonchev–Trinajstić information content (AvgIpc) is 2.48. The Morgan fingerprint density at radius 1 is 1.00 bits per heavy atom. The van der Waals surface area contributed by atoms with Crippen molar-refractivity contribution in [3.63, 3.8) is 0 Å². The van der Waals surface area contributed by atoms with Gasteiger partial charge in [-0.25, -0.2) is 0 Å². The molecule has 0 aliphatic carbocycles. The Labute approximate surface area is 126 Å². The monoisotopic (exact) mass is 279 g/mol. The summed E-state index contributed by atoms with van der Waals surface area (Å²) in [5, 5.41) is 2.84. The van der Waals surface area contributed by atoms with Crippen LogP contribution < -0.4 is 5.32 Å². The van der Waals surface area contributed by atoms with Gasteiger partial charge in [0.05, 0.1) is 0 Å². The Kier molecular flexibility index (Phi) is 4.94. The van der Waals surface area contributed by atoms with Gasteiger partial charge in [-0.1, -0.05) is 55.8 Å². The largest absolute Gasteiger partial charge is 0.323 e. The van der Waals surface area contributed by atoms with Gasteiger partial charge >= 0.3 is 0 Å². The van der Waals surface area contributed by atoms with E-state index in [0.717, 1.165) is 11.3 Å². The van der Waals surface area contributed by atoms with Crippen molar-refractivity contribution < 1.29 is 4.79 Å². The van der Waals surface area contributed by atoms with Gasteiger partial charge in [0, 0.05) is 11.8 Å². The smallest absolute Gasteiger partial charge is 0.248 e. The molecule has 2 nitrogen and oxygen atoms in total. The highest BCUT2D eigenvalue weighted by molar-refractivity contribution is 6.01. The van der Waals surface area contributed by atoms with Crippen molar-refractivity contribution in [3.05, 3.63) is 71.3 Å². The molecule has 0 aliphatic rings. The molecular formula is C19H21NO. The summed E-state index contributed by atoms with van der Waals surface area (Å²) >= 11 is 0. The zero-order chi connectivity index (χ0) is 15.2. The predicted octanol–water partition coefficient (Wildman–Crippen LogP) is 4.77. The molecule has 1 N–H and O–H groups in total. The van der Waals surface area contributed by atoms with Crippen LogP contribution in [0.15, 0.2) is 54.6 Å². The first-order valence-corrected chi connectivity index (χ1v) is 7.20. The van der Waals surface area contributed by atoms with Gasteiger partial charge < -0.3 is 5.32 Å². The molecule has 0 heterocycles. The van der Waals surface area contributed by atoms with Gasteiger partial charge in [0.2, 0.25) is 5.91 Å². The number of nitrogens with one attached hydrogen (secondary N) is 1. The van der Waals surface area contributed by atoms with E-state index in [1.54, 1.807) is 6.08 Å². The van der Waals surface area contributed by atoms with Crippen molar-refractivity contribution >= 4 is 17.7 Å². The second kappa shape index (κ2) is 6.89. The van der Waals surface area contributed by atoms with Crippen LogP contribution in [0.5, 0.6) is 0 Å². The Hall–Kier alpha value is -2.35. The third-order valence-corrected chi connectivity index (χ3v) is 3.35. The molecule has 21 heavy (non-hydrogen) atoms. The third-order valence-electron chi connectivity index (χ3n) is 3.35. The minimum Gasteiger partial charge on any atom is -0.323 e. The fourth-order valence-corrected chi connectivity index (χ4v) is 1.98. The van der Waals surface area contributed by atoms with Gasteiger partial charge in [0.25, 0.3) is 0 Å². The number of benzene rings is 2. The molecule has 0 spiro atoms. The third kappa shape index (κ3) is 4.60. The van der Waals surface area contributed by atoms with Gasteiger partial charge in [-0.3, -0.25) is 4.79 Å². The lowest BCUT2D eigenvalue weighted by atomic mass is 10.0. The van der Waals surface area contributed by atoms with Crippen LogP contribution in [0.4, 0.5) is 5.69 Å². The van der Waals surface area contributed by atoms with Gasteiger partial charge in [0.1, 0.15) is 0 Å². The van der Waals surface area contributed by atoms with E-state index in [1.165, 1.54) is 11.1 Å². The maximum atomic E-state index is 11.8. The van der Waals surface area contributed by atoms with Crippen molar-refractivity contribution in [2.45, 2.75) is 26.7 Å². The van der Waals surface area contributed by atoms with E-state index in [0.29, 0.717) is 5.92 Å². The number of carbonyl (C=O) groups is 1. The van der Waals surface area contributed by atoms with Gasteiger partial charge in [-0.2, -0.15) is 0 Å². The molecule has 0 saturated heterocycles. The van der Waals surface area contributed by atoms with E-state index < -0.39 is 0 Å². The lowest BCUT2D eigenvalue weighted by Gasteiger charge is -2.05. The van der Waals surface area contributed by atoms with Gasteiger partial charge in [0.15, 0.2) is 0 Å². The standard InChI is InChI=1S/C19H21NO/c1-14(2)17-9-6-16(7-10-17)8-13-19(21)20-18-11-4-15(3)5-12-18/h4-14H,1-3H3,(H,20,21). The van der Waals surface area contributed by atoms with Gasteiger partial charge in [-0.05, 0) is 42.2 Å². The summed E-state index contributed by atoms with van der Waals surface area (Å²) < 4.78 is 0. The summed E-state index contributed by atoms with van der Waals surface area (Å²) in [4.78, 5) is 11.8. The molecule has 108 valence electrons. The van der Waals surface area contributed by atoms with Crippen molar-refractivity contribution in [2.75, 3.05) is 5.32 Å². The normalized spacial score (nSPS) is 11.0. The maximum Gasteiger partial charge on any atom is 0.248 e. The highest BCUT2D eigenvalue weighted by Gasteiger charge is 1.99. The minimum absolute atomic E-state index is 0.119. The van der Waals surface area contributed by atoms with Crippen molar-refractivity contribution in [1.29, 1.82) is 0 Å². The summed E-state index contributed by atoms with van der Waals surface area (Å²) in [5.74, 6) is 0.402. The van der Waals surface area contributed by atoms with E-state index in [4.69, 9.17) is 0 Å². The van der Waals surface area contributed by atoms with Crippen LogP contribution in [0.1, 0.15) is 36.5 Å². The highest BCUT2D eigenvalue weighted by atomic mass is 16.1. The summed E-state index contributed by atoms with van der Waals surface area (Å²) in [6, 6.07) is 16.0. The zero-order valence-corrected chi connectivity index (χ0v) is 12.8. The average molecular weight is 279 g/mol. The topological polar surface area (TPSA) is 29.1 Å². The van der Waals surface area contributed by atoms with E-state index >= 15 is 0 Å². The number of hydrogen-bond acceptors (Lipinski definition) is 1. The molecule has 2 rings (SSSR count). The summed E-state index contributed by atoms with van der Waals surface area (Å²) in [7, 11) is 0. The Bertz CT molecular complexity index is 622. The van der Waals surface area contributed by atoms with E-state index in [-0.39, 0.29) is 5.91 Å². The lowest BCUT2D eigenvalue weighted by molar-refractivity contribution is -0.111. The Morgan fingerprint density at radius 3 is 2.19 bits per heavy atom. The molecule has 0 aromatic heterocycles. The van der Waals surface area contributed by atoms with Crippen LogP contribution in [0.3, 0.4) is 0 Å². The number of amides is 1. The van der Waals surface area contributed by atoms with Crippen LogP contribution >= 0.6 is 0 Å². The summed E-state index contributed by atoms with van der Waals surface area (Å²) in [6.07, 6.45) is 3.39. The van der Waals surface area contributed by atoms with E-state index in [9.17, 15) is 4.79 Å². The lowest BCUT2D eigenvalue weighted by Crippen LogP contribution is -2.07. The van der Waals surface area contributed by atoms with Crippen LogP contribution in [0.2, 0.25) is 0 Å². The number of anilines is 1. The molecule has 0 radical (unpaired) electrons. The SMILES string of the molecule is Cc1ccc(NC(=O)C=Cc2ccc(C(C)C)cc2)cc1. The van der Waals surface area contributed by atoms with Crippen LogP contribution in [-0.4, -0.2) is 5.91 Å². The fraction of sp³-hybridized carbons (Fsp3) is 0.211. The first-order chi connectivity index (χ1) is 10.0. The molecule has 0 saturated carbocycles. The molecule has 0 aliphatic heterocycles. The Morgan fingerprint density at radius 2 is 1.62 bits per heavy atom. The van der Waals surface area contributed by atoms with E-state index in [2.05, 4.69) is 31.3 Å². The fourth-order valence-electron chi connectivity index (χ4n) is 1.98. The molecule has 0 unspecified atom stereocenters. The predicted molar refractivity (Wildman–Crippen MR) is 89.4 cm³/mol. The first-order valence-electron chi connectivity index (χ1n) is 7.20.